The molecule has 1 amide bonds. The molecule has 28 heavy (non-hydrogen) atoms. The quantitative estimate of drug-likeness (QED) is 0.479. The minimum absolute atomic E-state index is 0.110. The third-order valence-electron chi connectivity index (χ3n) is 4.42. The Morgan fingerprint density at radius 1 is 1.14 bits per heavy atom. The zero-order valence-corrected chi connectivity index (χ0v) is 16.5. The summed E-state index contributed by atoms with van der Waals surface area (Å²) in [5.74, 6) is -0.110. The minimum Gasteiger partial charge on any atom is -0.340 e. The normalized spacial score (nSPS) is 11.9. The van der Waals surface area contributed by atoms with E-state index in [-0.39, 0.29) is 11.9 Å². The summed E-state index contributed by atoms with van der Waals surface area (Å²) in [5.41, 5.74) is 2.67. The number of benzene rings is 2. The van der Waals surface area contributed by atoms with Crippen LogP contribution in [0.5, 0.6) is 0 Å². The number of thiophene rings is 1. The summed E-state index contributed by atoms with van der Waals surface area (Å²) in [7, 11) is 0. The first-order chi connectivity index (χ1) is 13.7. The summed E-state index contributed by atoms with van der Waals surface area (Å²) in [6, 6.07) is 19.0. The van der Waals surface area contributed by atoms with Gasteiger partial charge in [0.15, 0.2) is 0 Å². The van der Waals surface area contributed by atoms with E-state index < -0.39 is 0 Å². The lowest BCUT2D eigenvalue weighted by atomic mass is 10.0. The van der Waals surface area contributed by atoms with Gasteiger partial charge in [0.2, 0.25) is 0 Å². The maximum atomic E-state index is 13.0. The number of hydrogen-bond acceptors (Lipinski definition) is 3. The van der Waals surface area contributed by atoms with E-state index in [4.69, 9.17) is 11.6 Å². The van der Waals surface area contributed by atoms with Crippen LogP contribution in [0.15, 0.2) is 84.8 Å². The Kier molecular flexibility index (Phi) is 5.55. The van der Waals surface area contributed by atoms with Crippen LogP contribution in [0.25, 0.3) is 0 Å². The van der Waals surface area contributed by atoms with Gasteiger partial charge in [-0.2, -0.15) is 0 Å². The van der Waals surface area contributed by atoms with Gasteiger partial charge in [0.1, 0.15) is 0 Å². The lowest BCUT2D eigenvalue weighted by Gasteiger charge is -2.18. The van der Waals surface area contributed by atoms with Crippen LogP contribution in [0, 0.1) is 0 Å². The van der Waals surface area contributed by atoms with Crippen LogP contribution in [0.4, 0.5) is 0 Å². The van der Waals surface area contributed by atoms with E-state index in [2.05, 4.69) is 10.3 Å². The van der Waals surface area contributed by atoms with Crippen LogP contribution in [0.1, 0.15) is 32.4 Å². The SMILES string of the molecule is O=C(N[C@H](c1ccc(Cl)cc1)c1cccs1)c1cccc(Cn2ccnc2)c1. The fourth-order valence-electron chi connectivity index (χ4n) is 3.05. The smallest absolute Gasteiger partial charge is 0.252 e. The highest BCUT2D eigenvalue weighted by molar-refractivity contribution is 7.10. The van der Waals surface area contributed by atoms with Gasteiger partial charge in [-0.1, -0.05) is 41.9 Å². The van der Waals surface area contributed by atoms with Crippen LogP contribution in [0.3, 0.4) is 0 Å². The van der Waals surface area contributed by atoms with E-state index in [1.54, 1.807) is 23.9 Å². The average Bonchev–Trinajstić information content (AvgIpc) is 3.41. The molecule has 0 bridgehead atoms. The van der Waals surface area contributed by atoms with Crippen LogP contribution in [-0.4, -0.2) is 15.5 Å². The molecule has 1 atom stereocenters. The summed E-state index contributed by atoms with van der Waals surface area (Å²) in [6.45, 7) is 0.673. The number of carbonyl (C=O) groups excluding carboxylic acids is 1. The number of amides is 1. The van der Waals surface area contributed by atoms with E-state index >= 15 is 0 Å². The predicted molar refractivity (Wildman–Crippen MR) is 113 cm³/mol. The molecule has 2 aromatic heterocycles. The molecule has 0 aliphatic rings. The molecule has 4 aromatic rings. The molecule has 4 rings (SSSR count). The molecular weight excluding hydrogens is 390 g/mol. The van der Waals surface area contributed by atoms with E-state index in [0.29, 0.717) is 17.1 Å². The second-order valence-electron chi connectivity index (χ2n) is 6.41. The number of nitrogens with one attached hydrogen (secondary N) is 1. The van der Waals surface area contributed by atoms with Gasteiger partial charge >= 0.3 is 0 Å². The molecule has 2 heterocycles. The Morgan fingerprint density at radius 2 is 2.00 bits per heavy atom. The fourth-order valence-corrected chi connectivity index (χ4v) is 3.97. The zero-order chi connectivity index (χ0) is 19.3. The number of hydrogen-bond donors (Lipinski definition) is 1. The summed E-state index contributed by atoms with van der Waals surface area (Å²) < 4.78 is 1.97. The second kappa shape index (κ2) is 8.42. The van der Waals surface area contributed by atoms with Gasteiger partial charge in [0.05, 0.1) is 12.4 Å². The van der Waals surface area contributed by atoms with Crippen LogP contribution in [0.2, 0.25) is 5.02 Å². The fraction of sp³-hybridized carbons (Fsp3) is 0.0909. The molecule has 0 radical (unpaired) electrons. The van der Waals surface area contributed by atoms with Crippen molar-refractivity contribution in [2.45, 2.75) is 12.6 Å². The van der Waals surface area contributed by atoms with E-state index in [1.165, 1.54) is 0 Å². The highest BCUT2D eigenvalue weighted by Crippen LogP contribution is 2.27. The van der Waals surface area contributed by atoms with Crippen molar-refractivity contribution in [1.82, 2.24) is 14.9 Å². The summed E-state index contributed by atoms with van der Waals surface area (Å²) in [4.78, 5) is 18.1. The Morgan fingerprint density at radius 3 is 2.71 bits per heavy atom. The molecule has 2 aromatic carbocycles. The van der Waals surface area contributed by atoms with Gasteiger partial charge in [0, 0.05) is 34.4 Å². The number of aromatic nitrogens is 2. The van der Waals surface area contributed by atoms with Crippen molar-refractivity contribution in [2.75, 3.05) is 0 Å². The predicted octanol–water partition coefficient (Wildman–Crippen LogP) is 5.17. The first-order valence-corrected chi connectivity index (χ1v) is 10.1. The molecule has 0 aliphatic carbocycles. The lowest BCUT2D eigenvalue weighted by molar-refractivity contribution is 0.0943. The maximum Gasteiger partial charge on any atom is 0.252 e. The monoisotopic (exact) mass is 407 g/mol. The van der Waals surface area contributed by atoms with Crippen molar-refractivity contribution in [1.29, 1.82) is 0 Å². The van der Waals surface area contributed by atoms with Crippen LogP contribution in [-0.2, 0) is 6.54 Å². The Hall–Kier alpha value is -2.89. The van der Waals surface area contributed by atoms with Crippen LogP contribution >= 0.6 is 22.9 Å². The van der Waals surface area contributed by atoms with Gasteiger partial charge in [-0.15, -0.1) is 11.3 Å². The van der Waals surface area contributed by atoms with Gasteiger partial charge < -0.3 is 9.88 Å². The standard InChI is InChI=1S/C22H18ClN3OS/c23-19-8-6-17(7-9-19)21(20-5-2-12-28-20)25-22(27)18-4-1-3-16(13-18)14-26-11-10-24-15-26/h1-13,15,21H,14H2,(H,25,27)/t21-/m1/s1. The minimum atomic E-state index is -0.220. The molecule has 0 fully saturated rings. The zero-order valence-electron chi connectivity index (χ0n) is 15.0. The third kappa shape index (κ3) is 4.32. The van der Waals surface area contributed by atoms with Gasteiger partial charge in [-0.25, -0.2) is 4.98 Å². The molecule has 1 N–H and O–H groups in total. The highest BCUT2D eigenvalue weighted by atomic mass is 35.5. The van der Waals surface area contributed by atoms with E-state index in [9.17, 15) is 4.79 Å². The van der Waals surface area contributed by atoms with Crippen molar-refractivity contribution in [3.05, 3.63) is 111 Å². The number of carbonyl (C=O) groups is 1. The Balaban J connectivity index is 1.57. The molecule has 0 aliphatic heterocycles. The lowest BCUT2D eigenvalue weighted by Crippen LogP contribution is -2.28. The largest absolute Gasteiger partial charge is 0.340 e. The van der Waals surface area contributed by atoms with Crippen molar-refractivity contribution >= 4 is 28.8 Å². The molecule has 0 spiro atoms. The molecule has 4 nitrogen and oxygen atoms in total. The Bertz CT molecular complexity index is 1040. The molecule has 0 saturated carbocycles. The van der Waals surface area contributed by atoms with Gasteiger partial charge in [-0.05, 0) is 46.8 Å². The van der Waals surface area contributed by atoms with Crippen molar-refractivity contribution in [3.8, 4) is 0 Å². The van der Waals surface area contributed by atoms with Crippen molar-refractivity contribution in [3.63, 3.8) is 0 Å². The second-order valence-corrected chi connectivity index (χ2v) is 7.82. The first-order valence-electron chi connectivity index (χ1n) is 8.83. The molecular formula is C22H18ClN3OS. The van der Waals surface area contributed by atoms with Gasteiger partial charge in [-0.3, -0.25) is 4.79 Å². The molecule has 0 saturated heterocycles. The van der Waals surface area contributed by atoms with Gasteiger partial charge in [0.25, 0.3) is 5.91 Å². The summed E-state index contributed by atoms with van der Waals surface area (Å²) in [5, 5.41) is 5.85. The number of halogens is 1. The average molecular weight is 408 g/mol. The number of rotatable bonds is 6. The highest BCUT2D eigenvalue weighted by Gasteiger charge is 2.19. The summed E-state index contributed by atoms with van der Waals surface area (Å²) >= 11 is 7.64. The van der Waals surface area contributed by atoms with Crippen molar-refractivity contribution < 1.29 is 4.79 Å². The van der Waals surface area contributed by atoms with E-state index in [0.717, 1.165) is 16.0 Å². The molecule has 140 valence electrons. The topological polar surface area (TPSA) is 46.9 Å². The van der Waals surface area contributed by atoms with Crippen LogP contribution < -0.4 is 5.32 Å². The summed E-state index contributed by atoms with van der Waals surface area (Å²) in [6.07, 6.45) is 5.41. The van der Waals surface area contributed by atoms with Crippen molar-refractivity contribution in [2.24, 2.45) is 0 Å². The number of imidazole rings is 1. The maximum absolute atomic E-state index is 13.0. The first kappa shape index (κ1) is 18.5. The number of nitrogens with zero attached hydrogens (tertiary/aromatic N) is 2. The molecule has 0 unspecified atom stereocenters. The Labute approximate surface area is 172 Å². The van der Waals surface area contributed by atoms with E-state index in [1.807, 2.05) is 76.8 Å². The third-order valence-corrected chi connectivity index (χ3v) is 5.61. The molecule has 6 heteroatoms.